The number of amides is 1. The van der Waals surface area contributed by atoms with Crippen LogP contribution in [0.25, 0.3) is 10.9 Å². The molecule has 1 aliphatic rings. The molecule has 5 nitrogen and oxygen atoms in total. The fourth-order valence-corrected chi connectivity index (χ4v) is 3.61. The molecule has 0 spiro atoms. The van der Waals surface area contributed by atoms with Gasteiger partial charge < -0.3 is 10.2 Å². The summed E-state index contributed by atoms with van der Waals surface area (Å²) in [6.07, 6.45) is 3.53. The first-order valence-electron chi connectivity index (χ1n) is 9.26. The number of carbonyl (C=O) groups excluding carboxylic acids is 1. The smallest absolute Gasteiger partial charge is 0.289 e. The van der Waals surface area contributed by atoms with Crippen LogP contribution in [0, 0.1) is 0 Å². The summed E-state index contributed by atoms with van der Waals surface area (Å²) in [5.41, 5.74) is 1.65. The van der Waals surface area contributed by atoms with Crippen LogP contribution in [0.4, 0.5) is 5.82 Å². The summed E-state index contributed by atoms with van der Waals surface area (Å²) in [4.78, 5) is 24.1. The van der Waals surface area contributed by atoms with Gasteiger partial charge >= 0.3 is 0 Å². The van der Waals surface area contributed by atoms with Crippen LogP contribution in [-0.4, -0.2) is 29.0 Å². The molecule has 0 aliphatic carbocycles. The highest BCUT2D eigenvalue weighted by Gasteiger charge is 2.19. The minimum Gasteiger partial charge on any atom is -0.356 e. The second-order valence-corrected chi connectivity index (χ2v) is 7.12. The van der Waals surface area contributed by atoms with E-state index >= 15 is 0 Å². The first-order valence-corrected chi connectivity index (χ1v) is 9.63. The van der Waals surface area contributed by atoms with Crippen molar-refractivity contribution in [1.29, 1.82) is 0 Å². The fraction of sp³-hybridized carbons (Fsp3) is 0.286. The molecule has 6 heteroatoms. The van der Waals surface area contributed by atoms with E-state index in [0.29, 0.717) is 11.6 Å². The van der Waals surface area contributed by atoms with Crippen LogP contribution in [0.3, 0.4) is 0 Å². The van der Waals surface area contributed by atoms with Crippen LogP contribution < -0.4 is 10.2 Å². The van der Waals surface area contributed by atoms with Crippen LogP contribution in [0.2, 0.25) is 5.02 Å². The quantitative estimate of drug-likeness (QED) is 0.736. The van der Waals surface area contributed by atoms with Crippen molar-refractivity contribution in [3.8, 4) is 0 Å². The lowest BCUT2D eigenvalue weighted by Gasteiger charge is -2.28. The van der Waals surface area contributed by atoms with Crippen molar-refractivity contribution in [3.63, 3.8) is 0 Å². The second-order valence-electron chi connectivity index (χ2n) is 6.71. The Morgan fingerprint density at radius 2 is 1.74 bits per heavy atom. The van der Waals surface area contributed by atoms with Gasteiger partial charge in [-0.3, -0.25) is 4.79 Å². The molecule has 1 saturated heterocycles. The molecule has 0 saturated carbocycles. The number of para-hydroxylation sites is 1. The predicted molar refractivity (Wildman–Crippen MR) is 108 cm³/mol. The zero-order chi connectivity index (χ0) is 18.6. The number of nitrogens with one attached hydrogen (secondary N) is 1. The molecule has 3 aromatic rings. The molecule has 0 unspecified atom stereocenters. The van der Waals surface area contributed by atoms with E-state index in [1.807, 2.05) is 48.5 Å². The number of benzene rings is 2. The lowest BCUT2D eigenvalue weighted by atomic mass is 10.1. The molecule has 2 aromatic carbocycles. The normalized spacial score (nSPS) is 14.3. The predicted octanol–water partition coefficient (Wildman–Crippen LogP) is 4.20. The number of anilines is 1. The largest absolute Gasteiger partial charge is 0.356 e. The molecule has 1 fully saturated rings. The first kappa shape index (κ1) is 17.7. The molecule has 1 amide bonds. The molecule has 2 heterocycles. The van der Waals surface area contributed by atoms with Crippen molar-refractivity contribution in [2.75, 3.05) is 18.0 Å². The molecule has 0 atom stereocenters. The summed E-state index contributed by atoms with van der Waals surface area (Å²) >= 11 is 6.17. The average Bonchev–Trinajstić information content (AvgIpc) is 2.73. The highest BCUT2D eigenvalue weighted by atomic mass is 35.5. The van der Waals surface area contributed by atoms with E-state index in [1.54, 1.807) is 0 Å². The van der Waals surface area contributed by atoms with Gasteiger partial charge in [-0.2, -0.15) is 0 Å². The third-order valence-electron chi connectivity index (χ3n) is 4.84. The Bertz CT molecular complexity index is 969. The number of piperidine rings is 1. The SMILES string of the molecule is O=C(NCc1ccccc1Cl)c1nc(N2CCCCC2)c2ccccc2n1. The highest BCUT2D eigenvalue weighted by molar-refractivity contribution is 6.31. The van der Waals surface area contributed by atoms with E-state index in [2.05, 4.69) is 20.2 Å². The standard InChI is InChI=1S/C21H21ClN4O/c22-17-10-4-2-8-15(17)14-23-21(27)19-24-18-11-5-3-9-16(18)20(25-19)26-12-6-1-7-13-26/h2-5,8-11H,1,6-7,12-14H2,(H,23,27). The van der Waals surface area contributed by atoms with E-state index in [-0.39, 0.29) is 11.7 Å². The van der Waals surface area contributed by atoms with Gasteiger partial charge in [-0.1, -0.05) is 41.9 Å². The van der Waals surface area contributed by atoms with Gasteiger partial charge in [0.05, 0.1) is 5.52 Å². The van der Waals surface area contributed by atoms with Crippen molar-refractivity contribution < 1.29 is 4.79 Å². The molecule has 0 radical (unpaired) electrons. The Morgan fingerprint density at radius 1 is 1.00 bits per heavy atom. The maximum atomic E-state index is 12.7. The van der Waals surface area contributed by atoms with Gasteiger partial charge in [0.25, 0.3) is 5.91 Å². The van der Waals surface area contributed by atoms with Crippen molar-refractivity contribution in [3.05, 3.63) is 64.9 Å². The lowest BCUT2D eigenvalue weighted by Crippen LogP contribution is -2.32. The van der Waals surface area contributed by atoms with E-state index in [0.717, 1.165) is 48.2 Å². The van der Waals surface area contributed by atoms with E-state index in [1.165, 1.54) is 6.42 Å². The Balaban J connectivity index is 1.63. The second kappa shape index (κ2) is 7.92. The molecular formula is C21H21ClN4O. The third-order valence-corrected chi connectivity index (χ3v) is 5.21. The first-order chi connectivity index (χ1) is 13.2. The van der Waals surface area contributed by atoms with E-state index in [9.17, 15) is 4.79 Å². The van der Waals surface area contributed by atoms with Crippen LogP contribution in [0.1, 0.15) is 35.4 Å². The molecule has 1 aromatic heterocycles. The molecule has 1 aliphatic heterocycles. The number of fused-ring (bicyclic) bond motifs is 1. The number of rotatable bonds is 4. The summed E-state index contributed by atoms with van der Waals surface area (Å²) in [6, 6.07) is 15.3. The molecule has 0 bridgehead atoms. The zero-order valence-corrected chi connectivity index (χ0v) is 15.7. The maximum absolute atomic E-state index is 12.7. The topological polar surface area (TPSA) is 58.1 Å². The maximum Gasteiger partial charge on any atom is 0.289 e. The Hall–Kier alpha value is -2.66. The van der Waals surface area contributed by atoms with Crippen molar-refractivity contribution >= 4 is 34.2 Å². The number of hydrogen-bond donors (Lipinski definition) is 1. The number of nitrogens with zero attached hydrogens (tertiary/aromatic N) is 3. The summed E-state index contributed by atoms with van der Waals surface area (Å²) < 4.78 is 0. The minimum atomic E-state index is -0.293. The summed E-state index contributed by atoms with van der Waals surface area (Å²) in [5, 5.41) is 4.50. The van der Waals surface area contributed by atoms with Gasteiger partial charge in [-0.15, -0.1) is 0 Å². The molecule has 1 N–H and O–H groups in total. The van der Waals surface area contributed by atoms with Gasteiger partial charge in [0.15, 0.2) is 0 Å². The zero-order valence-electron chi connectivity index (χ0n) is 15.0. The van der Waals surface area contributed by atoms with Crippen LogP contribution in [0.15, 0.2) is 48.5 Å². The van der Waals surface area contributed by atoms with Gasteiger partial charge in [0.2, 0.25) is 5.82 Å². The van der Waals surface area contributed by atoms with Gasteiger partial charge in [0.1, 0.15) is 5.82 Å². The third kappa shape index (κ3) is 3.88. The summed E-state index contributed by atoms with van der Waals surface area (Å²) in [6.45, 7) is 2.26. The molecular weight excluding hydrogens is 360 g/mol. The minimum absolute atomic E-state index is 0.196. The Kier molecular flexibility index (Phi) is 5.21. The molecule has 138 valence electrons. The van der Waals surface area contributed by atoms with E-state index < -0.39 is 0 Å². The van der Waals surface area contributed by atoms with Crippen LogP contribution in [-0.2, 0) is 6.54 Å². The summed E-state index contributed by atoms with van der Waals surface area (Å²) in [5.74, 6) is 0.753. The van der Waals surface area contributed by atoms with Crippen LogP contribution >= 0.6 is 11.6 Å². The molecule has 27 heavy (non-hydrogen) atoms. The number of halogens is 1. The average molecular weight is 381 g/mol. The van der Waals surface area contributed by atoms with Crippen molar-refractivity contribution in [2.45, 2.75) is 25.8 Å². The summed E-state index contributed by atoms with van der Waals surface area (Å²) in [7, 11) is 0. The highest BCUT2D eigenvalue weighted by Crippen LogP contribution is 2.26. The molecule has 4 rings (SSSR count). The number of carbonyl (C=O) groups is 1. The van der Waals surface area contributed by atoms with Crippen molar-refractivity contribution in [2.24, 2.45) is 0 Å². The van der Waals surface area contributed by atoms with Gasteiger partial charge in [-0.25, -0.2) is 9.97 Å². The van der Waals surface area contributed by atoms with Gasteiger partial charge in [0, 0.05) is 30.0 Å². The monoisotopic (exact) mass is 380 g/mol. The Morgan fingerprint density at radius 3 is 2.56 bits per heavy atom. The fourth-order valence-electron chi connectivity index (χ4n) is 3.40. The van der Waals surface area contributed by atoms with Crippen LogP contribution in [0.5, 0.6) is 0 Å². The number of aromatic nitrogens is 2. The van der Waals surface area contributed by atoms with E-state index in [4.69, 9.17) is 11.6 Å². The lowest BCUT2D eigenvalue weighted by molar-refractivity contribution is 0.0941. The van der Waals surface area contributed by atoms with Crippen molar-refractivity contribution in [1.82, 2.24) is 15.3 Å². The number of hydrogen-bond acceptors (Lipinski definition) is 4. The Labute approximate surface area is 163 Å². The van der Waals surface area contributed by atoms with Gasteiger partial charge in [-0.05, 0) is 43.0 Å².